The van der Waals surface area contributed by atoms with Crippen molar-refractivity contribution in [2.24, 2.45) is 0 Å². The molecule has 16 heavy (non-hydrogen) atoms. The third kappa shape index (κ3) is 6.77. The molecule has 1 aromatic rings. The van der Waals surface area contributed by atoms with Crippen molar-refractivity contribution in [1.82, 2.24) is 5.32 Å². The van der Waals surface area contributed by atoms with Gasteiger partial charge in [0.05, 0.1) is 6.61 Å². The molecule has 1 rings (SSSR count). The molecule has 0 aliphatic rings. The standard InChI is InChI=1S/C13H21NOS/c1-2-3-4-9-15-10-8-14-7-5-13-6-11-16-12-13/h2,6,11-12,14H,1,3-5,7-10H2. The molecule has 0 saturated carbocycles. The van der Waals surface area contributed by atoms with Gasteiger partial charge < -0.3 is 10.1 Å². The first-order valence-corrected chi connectivity index (χ1v) is 6.78. The first-order chi connectivity index (χ1) is 7.93. The van der Waals surface area contributed by atoms with Gasteiger partial charge in [-0.2, -0.15) is 11.3 Å². The second kappa shape index (κ2) is 9.58. The van der Waals surface area contributed by atoms with Crippen LogP contribution in [-0.2, 0) is 11.2 Å². The van der Waals surface area contributed by atoms with Crippen LogP contribution in [-0.4, -0.2) is 26.3 Å². The highest BCUT2D eigenvalue weighted by atomic mass is 32.1. The van der Waals surface area contributed by atoms with Crippen LogP contribution in [0.5, 0.6) is 0 Å². The first kappa shape index (κ1) is 13.4. The van der Waals surface area contributed by atoms with Crippen LogP contribution in [0.2, 0.25) is 0 Å². The molecular formula is C13H21NOS. The maximum Gasteiger partial charge on any atom is 0.0590 e. The number of hydrogen-bond acceptors (Lipinski definition) is 3. The lowest BCUT2D eigenvalue weighted by Gasteiger charge is -2.05. The molecule has 0 aromatic carbocycles. The quantitative estimate of drug-likeness (QED) is 0.501. The highest BCUT2D eigenvalue weighted by Crippen LogP contribution is 2.05. The summed E-state index contributed by atoms with van der Waals surface area (Å²) in [6, 6.07) is 2.18. The summed E-state index contributed by atoms with van der Waals surface area (Å²) in [5, 5.41) is 7.70. The summed E-state index contributed by atoms with van der Waals surface area (Å²) in [6.45, 7) is 7.31. The summed E-state index contributed by atoms with van der Waals surface area (Å²) in [5.74, 6) is 0. The van der Waals surface area contributed by atoms with Crippen LogP contribution in [0.4, 0.5) is 0 Å². The Hall–Kier alpha value is -0.640. The van der Waals surface area contributed by atoms with Crippen molar-refractivity contribution in [2.75, 3.05) is 26.3 Å². The lowest BCUT2D eigenvalue weighted by molar-refractivity contribution is 0.134. The number of rotatable bonds is 10. The molecule has 0 fully saturated rings. The zero-order valence-electron chi connectivity index (χ0n) is 9.78. The van der Waals surface area contributed by atoms with Gasteiger partial charge in [-0.05, 0) is 48.2 Å². The second-order valence-electron chi connectivity index (χ2n) is 3.67. The Bertz CT molecular complexity index is 259. The fourth-order valence-corrected chi connectivity index (χ4v) is 2.07. The predicted octanol–water partition coefficient (Wildman–Crippen LogP) is 2.86. The van der Waals surface area contributed by atoms with E-state index in [4.69, 9.17) is 4.74 Å². The Kier molecular flexibility index (Phi) is 8.04. The summed E-state index contributed by atoms with van der Waals surface area (Å²) >= 11 is 1.76. The highest BCUT2D eigenvalue weighted by molar-refractivity contribution is 7.07. The predicted molar refractivity (Wildman–Crippen MR) is 71.1 cm³/mol. The van der Waals surface area contributed by atoms with Gasteiger partial charge in [-0.3, -0.25) is 0 Å². The molecule has 1 N–H and O–H groups in total. The van der Waals surface area contributed by atoms with E-state index >= 15 is 0 Å². The summed E-state index contributed by atoms with van der Waals surface area (Å²) in [4.78, 5) is 0. The van der Waals surface area contributed by atoms with E-state index in [2.05, 4.69) is 28.7 Å². The SMILES string of the molecule is C=CCCCOCCNCCc1ccsc1. The Labute approximate surface area is 102 Å². The van der Waals surface area contributed by atoms with E-state index in [9.17, 15) is 0 Å². The van der Waals surface area contributed by atoms with Gasteiger partial charge in [0.15, 0.2) is 0 Å². The van der Waals surface area contributed by atoms with Crippen molar-refractivity contribution >= 4 is 11.3 Å². The second-order valence-corrected chi connectivity index (χ2v) is 4.45. The van der Waals surface area contributed by atoms with Crippen molar-refractivity contribution < 1.29 is 4.74 Å². The monoisotopic (exact) mass is 239 g/mol. The fourth-order valence-electron chi connectivity index (χ4n) is 1.37. The molecule has 90 valence electrons. The van der Waals surface area contributed by atoms with Crippen LogP contribution in [0.1, 0.15) is 18.4 Å². The van der Waals surface area contributed by atoms with Gasteiger partial charge in [-0.15, -0.1) is 6.58 Å². The molecule has 1 aromatic heterocycles. The van der Waals surface area contributed by atoms with Crippen molar-refractivity contribution in [1.29, 1.82) is 0 Å². The number of allylic oxidation sites excluding steroid dienone is 1. The average molecular weight is 239 g/mol. The molecule has 3 heteroatoms. The van der Waals surface area contributed by atoms with Gasteiger partial charge in [0.2, 0.25) is 0 Å². The number of ether oxygens (including phenoxy) is 1. The molecule has 0 bridgehead atoms. The fraction of sp³-hybridized carbons (Fsp3) is 0.538. The van der Waals surface area contributed by atoms with Crippen LogP contribution in [0.15, 0.2) is 29.5 Å². The van der Waals surface area contributed by atoms with E-state index in [1.807, 2.05) is 6.08 Å². The number of nitrogens with one attached hydrogen (secondary N) is 1. The van der Waals surface area contributed by atoms with Gasteiger partial charge in [-0.25, -0.2) is 0 Å². The average Bonchev–Trinajstić information content (AvgIpc) is 2.80. The molecule has 0 radical (unpaired) electrons. The molecule has 0 spiro atoms. The van der Waals surface area contributed by atoms with Crippen LogP contribution in [0, 0.1) is 0 Å². The van der Waals surface area contributed by atoms with Crippen LogP contribution < -0.4 is 5.32 Å². The van der Waals surface area contributed by atoms with E-state index in [0.717, 1.165) is 45.6 Å². The van der Waals surface area contributed by atoms with E-state index in [0.29, 0.717) is 0 Å². The number of unbranched alkanes of at least 4 members (excludes halogenated alkanes) is 1. The minimum Gasteiger partial charge on any atom is -0.380 e. The zero-order valence-corrected chi connectivity index (χ0v) is 10.6. The van der Waals surface area contributed by atoms with Gasteiger partial charge in [0, 0.05) is 13.2 Å². The maximum absolute atomic E-state index is 5.46. The largest absolute Gasteiger partial charge is 0.380 e. The van der Waals surface area contributed by atoms with Crippen molar-refractivity contribution in [3.05, 3.63) is 35.0 Å². The first-order valence-electron chi connectivity index (χ1n) is 5.84. The molecular weight excluding hydrogens is 218 g/mol. The Morgan fingerprint density at radius 1 is 1.38 bits per heavy atom. The Morgan fingerprint density at radius 2 is 2.31 bits per heavy atom. The number of hydrogen-bond donors (Lipinski definition) is 1. The van der Waals surface area contributed by atoms with Crippen molar-refractivity contribution in [3.63, 3.8) is 0 Å². The Balaban J connectivity index is 1.80. The van der Waals surface area contributed by atoms with Crippen molar-refractivity contribution in [2.45, 2.75) is 19.3 Å². The van der Waals surface area contributed by atoms with E-state index in [-0.39, 0.29) is 0 Å². The molecule has 0 atom stereocenters. The lowest BCUT2D eigenvalue weighted by Crippen LogP contribution is -2.22. The third-order valence-electron chi connectivity index (χ3n) is 2.29. The van der Waals surface area contributed by atoms with E-state index < -0.39 is 0 Å². The molecule has 0 unspecified atom stereocenters. The van der Waals surface area contributed by atoms with Crippen LogP contribution in [0.3, 0.4) is 0 Å². The van der Waals surface area contributed by atoms with Crippen LogP contribution >= 0.6 is 11.3 Å². The normalized spacial score (nSPS) is 10.5. The Morgan fingerprint density at radius 3 is 3.06 bits per heavy atom. The topological polar surface area (TPSA) is 21.3 Å². The lowest BCUT2D eigenvalue weighted by atomic mass is 10.2. The number of thiophene rings is 1. The summed E-state index contributed by atoms with van der Waals surface area (Å²) < 4.78 is 5.46. The van der Waals surface area contributed by atoms with Gasteiger partial charge in [0.25, 0.3) is 0 Å². The van der Waals surface area contributed by atoms with Gasteiger partial charge >= 0.3 is 0 Å². The smallest absolute Gasteiger partial charge is 0.0590 e. The zero-order chi connectivity index (χ0) is 11.5. The maximum atomic E-state index is 5.46. The molecule has 0 saturated heterocycles. The third-order valence-corrected chi connectivity index (χ3v) is 3.02. The van der Waals surface area contributed by atoms with Crippen LogP contribution in [0.25, 0.3) is 0 Å². The summed E-state index contributed by atoms with van der Waals surface area (Å²) in [7, 11) is 0. The minimum atomic E-state index is 0.806. The molecule has 0 amide bonds. The highest BCUT2D eigenvalue weighted by Gasteiger charge is 1.92. The van der Waals surface area contributed by atoms with E-state index in [1.165, 1.54) is 5.56 Å². The minimum absolute atomic E-state index is 0.806. The molecule has 0 aliphatic heterocycles. The summed E-state index contributed by atoms with van der Waals surface area (Å²) in [5.41, 5.74) is 1.42. The molecule has 2 nitrogen and oxygen atoms in total. The molecule has 0 aliphatic carbocycles. The van der Waals surface area contributed by atoms with Gasteiger partial charge in [-0.1, -0.05) is 6.08 Å². The molecule has 1 heterocycles. The van der Waals surface area contributed by atoms with E-state index in [1.54, 1.807) is 11.3 Å². The summed E-state index contributed by atoms with van der Waals surface area (Å²) in [6.07, 6.45) is 5.17. The van der Waals surface area contributed by atoms with Crippen molar-refractivity contribution in [3.8, 4) is 0 Å². The van der Waals surface area contributed by atoms with Gasteiger partial charge in [0.1, 0.15) is 0 Å².